The second-order valence-corrected chi connectivity index (χ2v) is 19.4. The number of rotatable bonds is 10. The molecule has 4 aliphatic rings. The number of β-lactam (4-membered cyclic amide) rings is 1. The fraction of sp³-hybridized carbons (Fsp3) is 0.447. The largest absolute Gasteiger partial charge is 0.497 e. The normalized spacial score (nSPS) is 25.8. The van der Waals surface area contributed by atoms with Crippen molar-refractivity contribution < 1.29 is 33.9 Å². The Hall–Kier alpha value is -4.59. The molecule has 268 valence electrons. The minimum absolute atomic E-state index is 0.0219. The predicted molar refractivity (Wildman–Crippen MR) is 194 cm³/mol. The first-order valence-corrected chi connectivity index (χ1v) is 20.7. The van der Waals surface area contributed by atoms with Crippen molar-refractivity contribution in [2.24, 2.45) is 5.92 Å². The number of nitrogens with zero attached hydrogens (tertiary/aromatic N) is 4. The molecule has 0 aromatic heterocycles. The number of carbonyl (C=O) groups excluding carboxylic acids is 3. The van der Waals surface area contributed by atoms with E-state index < -0.39 is 30.6 Å². The average molecular weight is 713 g/mol. The van der Waals surface area contributed by atoms with Crippen molar-refractivity contribution in [3.8, 4) is 5.75 Å². The van der Waals surface area contributed by atoms with Crippen LogP contribution < -0.4 is 19.7 Å². The fourth-order valence-electron chi connectivity index (χ4n) is 8.97. The molecular weight excluding hydrogens is 669 g/mol. The number of ether oxygens (including phenoxy) is 2. The lowest BCUT2D eigenvalue weighted by molar-refractivity contribution is -0.385. The van der Waals surface area contributed by atoms with Gasteiger partial charge in [-0.2, -0.15) is 0 Å². The lowest BCUT2D eigenvalue weighted by atomic mass is 9.82. The summed E-state index contributed by atoms with van der Waals surface area (Å²) in [6.07, 6.45) is 1.41. The monoisotopic (exact) mass is 712 g/mol. The van der Waals surface area contributed by atoms with E-state index in [2.05, 4.69) is 13.1 Å². The van der Waals surface area contributed by atoms with Crippen molar-refractivity contribution in [1.29, 1.82) is 0 Å². The van der Waals surface area contributed by atoms with Crippen molar-refractivity contribution in [3.05, 3.63) is 88.0 Å². The minimum Gasteiger partial charge on any atom is -0.497 e. The van der Waals surface area contributed by atoms with Crippen molar-refractivity contribution in [2.75, 3.05) is 36.6 Å². The molecule has 0 bridgehead atoms. The number of fused-ring (bicyclic) bond motifs is 2. The lowest BCUT2D eigenvalue weighted by Crippen LogP contribution is -2.52. The third-order valence-electron chi connectivity index (χ3n) is 11.8. The van der Waals surface area contributed by atoms with E-state index in [0.717, 1.165) is 35.0 Å². The summed E-state index contributed by atoms with van der Waals surface area (Å²) in [7, 11) is -0.960. The van der Waals surface area contributed by atoms with E-state index in [-0.39, 0.29) is 54.6 Å². The second-order valence-electron chi connectivity index (χ2n) is 14.7. The highest BCUT2D eigenvalue weighted by Crippen LogP contribution is 2.60. The van der Waals surface area contributed by atoms with Gasteiger partial charge >= 0.3 is 0 Å². The standard InChI is InChI=1S/C38H44N4O8Si/c1-24-36(51(3,4)30-14-12-29(49-2)13-15-30)33(21-35(45)39-18-5-6-28(39)23-43)50-38(24)31-20-27(42(47)48)11-16-32(31)41(37(38)46)22-25-7-9-26(10-8-25)40-19-17-34(40)44/h7-16,20,24,28,33,36,43H,5-6,17-19,21-23H2,1-4H3/t24-,28+,33+,36-,38+/m1/s1. The maximum atomic E-state index is 15.1. The molecule has 51 heavy (non-hydrogen) atoms. The highest BCUT2D eigenvalue weighted by atomic mass is 28.3. The number of nitro benzene ring substituents is 1. The fourth-order valence-corrected chi connectivity index (χ4v) is 13.0. The zero-order valence-corrected chi connectivity index (χ0v) is 30.4. The summed E-state index contributed by atoms with van der Waals surface area (Å²) in [6.45, 7) is 7.72. The smallest absolute Gasteiger partial charge is 0.269 e. The molecule has 5 atom stereocenters. The Kier molecular flexibility index (Phi) is 9.01. The van der Waals surface area contributed by atoms with Crippen LogP contribution in [0, 0.1) is 16.0 Å². The van der Waals surface area contributed by atoms with Crippen LogP contribution in [0.5, 0.6) is 5.75 Å². The van der Waals surface area contributed by atoms with Gasteiger partial charge in [0.15, 0.2) is 5.60 Å². The van der Waals surface area contributed by atoms with Crippen LogP contribution in [0.25, 0.3) is 0 Å². The third kappa shape index (κ3) is 5.71. The summed E-state index contributed by atoms with van der Waals surface area (Å²) < 4.78 is 12.5. The number of non-ortho nitro benzene ring substituents is 1. The number of hydrogen-bond acceptors (Lipinski definition) is 8. The second kappa shape index (κ2) is 13.2. The first-order chi connectivity index (χ1) is 24.4. The van der Waals surface area contributed by atoms with E-state index >= 15 is 4.79 Å². The third-order valence-corrected chi connectivity index (χ3v) is 16.1. The molecule has 12 nitrogen and oxygen atoms in total. The molecule has 3 saturated heterocycles. The molecule has 3 fully saturated rings. The average Bonchev–Trinajstić information content (AvgIpc) is 3.78. The van der Waals surface area contributed by atoms with Crippen LogP contribution in [0.15, 0.2) is 66.7 Å². The van der Waals surface area contributed by atoms with Gasteiger partial charge in [-0.05, 0) is 54.3 Å². The summed E-state index contributed by atoms with van der Waals surface area (Å²) in [5.41, 5.74) is 0.638. The van der Waals surface area contributed by atoms with Gasteiger partial charge in [-0.15, -0.1) is 0 Å². The number of aliphatic hydroxyl groups is 1. The zero-order valence-electron chi connectivity index (χ0n) is 29.4. The number of hydrogen-bond donors (Lipinski definition) is 1. The van der Waals surface area contributed by atoms with Crippen molar-refractivity contribution in [2.45, 2.75) is 75.5 Å². The Morgan fingerprint density at radius 2 is 1.80 bits per heavy atom. The topological polar surface area (TPSA) is 143 Å². The quantitative estimate of drug-likeness (QED) is 0.140. The van der Waals surface area contributed by atoms with Crippen LogP contribution in [0.2, 0.25) is 18.6 Å². The van der Waals surface area contributed by atoms with E-state index in [0.29, 0.717) is 30.8 Å². The first-order valence-electron chi connectivity index (χ1n) is 17.6. The number of nitro groups is 1. The van der Waals surface area contributed by atoms with Gasteiger partial charge in [0.05, 0.1) is 57.5 Å². The van der Waals surface area contributed by atoms with Gasteiger partial charge in [0.1, 0.15) is 5.75 Å². The van der Waals surface area contributed by atoms with Gasteiger partial charge < -0.3 is 29.3 Å². The summed E-state index contributed by atoms with van der Waals surface area (Å²) >= 11 is 0. The molecule has 0 aliphatic carbocycles. The Bertz CT molecular complexity index is 1870. The number of amides is 3. The van der Waals surface area contributed by atoms with Gasteiger partial charge in [-0.25, -0.2) is 0 Å². The van der Waals surface area contributed by atoms with Crippen LogP contribution in [0.3, 0.4) is 0 Å². The SMILES string of the molecule is COc1ccc([Si](C)(C)[C@H]2[C@H](CC(=O)N3CCC[C@H]3CO)O[C@@]3(C(=O)N(Cc4ccc(N5CCC5=O)cc4)c4ccc([N+](=O)[O-])cc43)[C@@H]2C)cc1. The Labute approximate surface area is 298 Å². The Balaban J connectivity index is 1.30. The Morgan fingerprint density at radius 1 is 1.08 bits per heavy atom. The molecule has 3 aromatic carbocycles. The summed E-state index contributed by atoms with van der Waals surface area (Å²) in [5, 5.41) is 23.2. The van der Waals surface area contributed by atoms with E-state index in [1.165, 1.54) is 12.1 Å². The molecule has 1 spiro atoms. The summed E-state index contributed by atoms with van der Waals surface area (Å²) in [5.74, 6) is -0.111. The Morgan fingerprint density at radius 3 is 2.41 bits per heavy atom. The number of methoxy groups -OCH3 is 1. The van der Waals surface area contributed by atoms with E-state index in [1.807, 2.05) is 55.5 Å². The van der Waals surface area contributed by atoms with Crippen LogP contribution in [-0.4, -0.2) is 79.7 Å². The van der Waals surface area contributed by atoms with Crippen molar-refractivity contribution >= 4 is 48.0 Å². The van der Waals surface area contributed by atoms with Crippen LogP contribution >= 0.6 is 0 Å². The maximum absolute atomic E-state index is 15.1. The molecule has 4 heterocycles. The van der Waals surface area contributed by atoms with Crippen LogP contribution in [0.1, 0.15) is 43.7 Å². The zero-order chi connectivity index (χ0) is 36.2. The molecule has 0 unspecified atom stereocenters. The lowest BCUT2D eigenvalue weighted by Gasteiger charge is -2.37. The molecule has 13 heteroatoms. The van der Waals surface area contributed by atoms with E-state index in [4.69, 9.17) is 9.47 Å². The highest BCUT2D eigenvalue weighted by Gasteiger charge is 2.67. The van der Waals surface area contributed by atoms with E-state index in [1.54, 1.807) is 27.9 Å². The molecule has 0 radical (unpaired) electrons. The molecule has 7 rings (SSSR count). The number of carbonyl (C=O) groups is 3. The first kappa shape index (κ1) is 34.8. The molecule has 3 aromatic rings. The number of benzene rings is 3. The summed E-state index contributed by atoms with van der Waals surface area (Å²) in [6, 6.07) is 19.7. The number of likely N-dealkylation sites (tertiary alicyclic amines) is 1. The van der Waals surface area contributed by atoms with Gasteiger partial charge in [-0.1, -0.05) is 49.5 Å². The van der Waals surface area contributed by atoms with Gasteiger partial charge in [0, 0.05) is 48.8 Å². The number of aliphatic hydroxyl groups excluding tert-OH is 1. The molecule has 0 saturated carbocycles. The van der Waals surface area contributed by atoms with E-state index in [9.17, 15) is 24.8 Å². The molecule has 3 amide bonds. The molecular formula is C38H44N4O8Si. The van der Waals surface area contributed by atoms with Gasteiger partial charge in [0.2, 0.25) is 11.8 Å². The van der Waals surface area contributed by atoms with Crippen molar-refractivity contribution in [3.63, 3.8) is 0 Å². The summed E-state index contributed by atoms with van der Waals surface area (Å²) in [4.78, 5) is 57.8. The minimum atomic E-state index is -2.57. The highest BCUT2D eigenvalue weighted by molar-refractivity contribution is 6.91. The van der Waals surface area contributed by atoms with Crippen LogP contribution in [-0.2, 0) is 31.3 Å². The number of anilines is 2. The molecule has 1 N–H and O–H groups in total. The maximum Gasteiger partial charge on any atom is 0.269 e. The van der Waals surface area contributed by atoms with Gasteiger partial charge in [0.25, 0.3) is 11.6 Å². The van der Waals surface area contributed by atoms with Gasteiger partial charge in [-0.3, -0.25) is 24.5 Å². The van der Waals surface area contributed by atoms with Crippen LogP contribution in [0.4, 0.5) is 17.1 Å². The predicted octanol–water partition coefficient (Wildman–Crippen LogP) is 4.48. The molecule has 4 aliphatic heterocycles. The van der Waals surface area contributed by atoms with Crippen molar-refractivity contribution in [1.82, 2.24) is 4.90 Å².